The number of amides is 1. The second kappa shape index (κ2) is 5.74. The van der Waals surface area contributed by atoms with Gasteiger partial charge in [-0.05, 0) is 18.8 Å². The number of hydrogen-bond donors (Lipinski definition) is 0. The molecule has 0 aromatic heterocycles. The number of carbonyl (C=O) groups excluding carboxylic acids is 1. The first-order valence-corrected chi connectivity index (χ1v) is 5.75. The molecule has 0 saturated carbocycles. The molecule has 0 radical (unpaired) electrons. The van der Waals surface area contributed by atoms with Crippen molar-refractivity contribution in [3.05, 3.63) is 25.3 Å². The fourth-order valence-corrected chi connectivity index (χ4v) is 2.43. The Morgan fingerprint density at radius 3 is 2.73 bits per heavy atom. The lowest BCUT2D eigenvalue weighted by atomic mass is 9.85. The van der Waals surface area contributed by atoms with Crippen molar-refractivity contribution in [1.29, 1.82) is 0 Å². The molecule has 0 spiro atoms. The summed E-state index contributed by atoms with van der Waals surface area (Å²) in [6, 6.07) is 0.340. The Labute approximate surface area is 92.7 Å². The van der Waals surface area contributed by atoms with Gasteiger partial charge in [-0.2, -0.15) is 0 Å². The van der Waals surface area contributed by atoms with Crippen molar-refractivity contribution in [1.82, 2.24) is 4.90 Å². The van der Waals surface area contributed by atoms with Gasteiger partial charge in [0.1, 0.15) is 0 Å². The molecule has 0 N–H and O–H groups in total. The van der Waals surface area contributed by atoms with Crippen LogP contribution in [-0.4, -0.2) is 23.4 Å². The predicted octanol–water partition coefficient (Wildman–Crippen LogP) is 2.77. The summed E-state index contributed by atoms with van der Waals surface area (Å²) in [5.74, 6) is 0.895. The van der Waals surface area contributed by atoms with Crippen LogP contribution in [0, 0.1) is 5.92 Å². The van der Waals surface area contributed by atoms with Crippen LogP contribution in [0.25, 0.3) is 0 Å². The minimum absolute atomic E-state index is 0.270. The predicted molar refractivity (Wildman–Crippen MR) is 63.5 cm³/mol. The zero-order chi connectivity index (χ0) is 11.3. The first kappa shape index (κ1) is 12.0. The molecular weight excluding hydrogens is 186 g/mol. The average molecular weight is 207 g/mol. The molecule has 1 fully saturated rings. The fraction of sp³-hybridized carbons (Fsp3) is 0.615. The van der Waals surface area contributed by atoms with Gasteiger partial charge in [-0.25, -0.2) is 0 Å². The van der Waals surface area contributed by atoms with Crippen LogP contribution >= 0.6 is 0 Å². The molecular formula is C13H21NO. The van der Waals surface area contributed by atoms with E-state index in [2.05, 4.69) is 20.1 Å². The maximum Gasteiger partial charge on any atom is 0.223 e. The second-order valence-electron chi connectivity index (χ2n) is 4.13. The van der Waals surface area contributed by atoms with Crippen LogP contribution < -0.4 is 0 Å². The van der Waals surface area contributed by atoms with E-state index >= 15 is 0 Å². The summed E-state index contributed by atoms with van der Waals surface area (Å²) in [7, 11) is 0. The van der Waals surface area contributed by atoms with E-state index < -0.39 is 0 Å². The van der Waals surface area contributed by atoms with Crippen molar-refractivity contribution >= 4 is 5.91 Å². The molecule has 2 nitrogen and oxygen atoms in total. The first-order chi connectivity index (χ1) is 7.24. The SMILES string of the molecule is C=CC[C@@H]1[C@@H](CC)CCC(=O)N1CC=C. The van der Waals surface area contributed by atoms with Crippen LogP contribution in [0.15, 0.2) is 25.3 Å². The van der Waals surface area contributed by atoms with Crippen molar-refractivity contribution < 1.29 is 4.79 Å². The molecule has 0 aromatic rings. The average Bonchev–Trinajstić information content (AvgIpc) is 2.24. The molecule has 1 rings (SSSR count). The van der Waals surface area contributed by atoms with E-state index in [-0.39, 0.29) is 5.91 Å². The van der Waals surface area contributed by atoms with Gasteiger partial charge in [0.05, 0.1) is 0 Å². The Morgan fingerprint density at radius 2 is 2.20 bits per heavy atom. The minimum Gasteiger partial charge on any atom is -0.335 e. The standard InChI is InChI=1S/C13H21NO/c1-4-7-12-11(6-3)8-9-13(15)14(12)10-5-2/h4-5,11-12H,1-2,6-10H2,3H3/t11-,12+/m0/s1. The highest BCUT2D eigenvalue weighted by atomic mass is 16.2. The van der Waals surface area contributed by atoms with Gasteiger partial charge in [0, 0.05) is 19.0 Å². The number of nitrogens with zero attached hydrogens (tertiary/aromatic N) is 1. The molecule has 1 aliphatic heterocycles. The first-order valence-electron chi connectivity index (χ1n) is 5.75. The van der Waals surface area contributed by atoms with Crippen LogP contribution in [0.3, 0.4) is 0 Å². The van der Waals surface area contributed by atoms with Crippen molar-refractivity contribution in [2.45, 2.75) is 38.6 Å². The van der Waals surface area contributed by atoms with Crippen molar-refractivity contribution in [3.8, 4) is 0 Å². The Balaban J connectivity index is 2.78. The van der Waals surface area contributed by atoms with E-state index in [1.807, 2.05) is 17.1 Å². The monoisotopic (exact) mass is 207 g/mol. The van der Waals surface area contributed by atoms with Crippen molar-refractivity contribution in [2.24, 2.45) is 5.92 Å². The minimum atomic E-state index is 0.270. The van der Waals surface area contributed by atoms with Gasteiger partial charge in [0.15, 0.2) is 0 Å². The summed E-state index contributed by atoms with van der Waals surface area (Å²) >= 11 is 0. The second-order valence-corrected chi connectivity index (χ2v) is 4.13. The Bertz CT molecular complexity index is 247. The molecule has 1 amide bonds. The molecule has 2 heteroatoms. The molecule has 84 valence electrons. The van der Waals surface area contributed by atoms with Crippen molar-refractivity contribution in [3.63, 3.8) is 0 Å². The number of hydrogen-bond acceptors (Lipinski definition) is 1. The molecule has 1 saturated heterocycles. The summed E-state index contributed by atoms with van der Waals surface area (Å²) in [5.41, 5.74) is 0. The van der Waals surface area contributed by atoms with Gasteiger partial charge >= 0.3 is 0 Å². The van der Waals surface area contributed by atoms with E-state index in [1.54, 1.807) is 0 Å². The summed E-state index contributed by atoms with van der Waals surface area (Å²) in [5, 5.41) is 0. The topological polar surface area (TPSA) is 20.3 Å². The molecule has 0 aliphatic carbocycles. The van der Waals surface area contributed by atoms with Gasteiger partial charge < -0.3 is 4.90 Å². The largest absolute Gasteiger partial charge is 0.335 e. The third-order valence-electron chi connectivity index (χ3n) is 3.25. The smallest absolute Gasteiger partial charge is 0.223 e. The van der Waals surface area contributed by atoms with Gasteiger partial charge in [-0.1, -0.05) is 25.5 Å². The lowest BCUT2D eigenvalue weighted by molar-refractivity contribution is -0.137. The van der Waals surface area contributed by atoms with Gasteiger partial charge in [0.2, 0.25) is 5.91 Å². The maximum atomic E-state index is 11.8. The molecule has 0 unspecified atom stereocenters. The summed E-state index contributed by atoms with van der Waals surface area (Å²) in [6.45, 7) is 10.4. The van der Waals surface area contributed by atoms with Crippen LogP contribution in [0.2, 0.25) is 0 Å². The number of rotatable bonds is 5. The van der Waals surface area contributed by atoms with Gasteiger partial charge in [0.25, 0.3) is 0 Å². The van der Waals surface area contributed by atoms with Crippen LogP contribution in [-0.2, 0) is 4.79 Å². The Hall–Kier alpha value is -1.05. The molecule has 15 heavy (non-hydrogen) atoms. The van der Waals surface area contributed by atoms with Crippen LogP contribution in [0.5, 0.6) is 0 Å². The third-order valence-corrected chi connectivity index (χ3v) is 3.25. The van der Waals surface area contributed by atoms with Crippen LogP contribution in [0.1, 0.15) is 32.6 Å². The highest BCUT2D eigenvalue weighted by molar-refractivity contribution is 5.77. The number of carbonyl (C=O) groups is 1. The van der Waals surface area contributed by atoms with E-state index in [9.17, 15) is 4.79 Å². The fourth-order valence-electron chi connectivity index (χ4n) is 2.43. The molecule has 0 aromatic carbocycles. The molecule has 0 bridgehead atoms. The van der Waals surface area contributed by atoms with E-state index in [0.29, 0.717) is 24.9 Å². The zero-order valence-corrected chi connectivity index (χ0v) is 9.61. The number of piperidine rings is 1. The summed E-state index contributed by atoms with van der Waals surface area (Å²) < 4.78 is 0. The molecule has 1 heterocycles. The normalized spacial score (nSPS) is 26.5. The quantitative estimate of drug-likeness (QED) is 0.635. The highest BCUT2D eigenvalue weighted by Crippen LogP contribution is 2.29. The maximum absolute atomic E-state index is 11.8. The highest BCUT2D eigenvalue weighted by Gasteiger charge is 2.32. The van der Waals surface area contributed by atoms with E-state index in [1.165, 1.54) is 0 Å². The Kier molecular flexibility index (Phi) is 4.60. The summed E-state index contributed by atoms with van der Waals surface area (Å²) in [6.07, 6.45) is 7.49. The van der Waals surface area contributed by atoms with E-state index in [4.69, 9.17) is 0 Å². The summed E-state index contributed by atoms with van der Waals surface area (Å²) in [4.78, 5) is 13.7. The van der Waals surface area contributed by atoms with Gasteiger partial charge in [-0.15, -0.1) is 13.2 Å². The van der Waals surface area contributed by atoms with Crippen molar-refractivity contribution in [2.75, 3.05) is 6.54 Å². The lowest BCUT2D eigenvalue weighted by Gasteiger charge is -2.40. The third kappa shape index (κ3) is 2.71. The zero-order valence-electron chi connectivity index (χ0n) is 9.61. The molecule has 1 aliphatic rings. The molecule has 2 atom stereocenters. The van der Waals surface area contributed by atoms with Crippen LogP contribution in [0.4, 0.5) is 0 Å². The Morgan fingerprint density at radius 1 is 1.47 bits per heavy atom. The van der Waals surface area contributed by atoms with Gasteiger partial charge in [-0.3, -0.25) is 4.79 Å². The number of likely N-dealkylation sites (tertiary alicyclic amines) is 1. The van der Waals surface area contributed by atoms with E-state index in [0.717, 1.165) is 19.3 Å². The lowest BCUT2D eigenvalue weighted by Crippen LogP contribution is -2.48.